The van der Waals surface area contributed by atoms with Crippen molar-refractivity contribution in [1.29, 1.82) is 0 Å². The first kappa shape index (κ1) is 25.8. The number of fused-ring (bicyclic) bond motifs is 1. The van der Waals surface area contributed by atoms with Crippen LogP contribution in [0.2, 0.25) is 5.02 Å². The first-order chi connectivity index (χ1) is 18.7. The van der Waals surface area contributed by atoms with Gasteiger partial charge in [-0.05, 0) is 37.1 Å². The van der Waals surface area contributed by atoms with Crippen molar-refractivity contribution in [3.63, 3.8) is 0 Å². The predicted octanol–water partition coefficient (Wildman–Crippen LogP) is 3.74. The van der Waals surface area contributed by atoms with Crippen molar-refractivity contribution in [3.8, 4) is 5.75 Å². The quantitative estimate of drug-likeness (QED) is 0.443. The Hall–Kier alpha value is -3.51. The van der Waals surface area contributed by atoms with Gasteiger partial charge in [-0.15, -0.1) is 0 Å². The zero-order chi connectivity index (χ0) is 27.3. The number of benzene rings is 1. The van der Waals surface area contributed by atoms with Gasteiger partial charge in [0.25, 0.3) is 17.8 Å². The topological polar surface area (TPSA) is 110 Å². The summed E-state index contributed by atoms with van der Waals surface area (Å²) in [5, 5.41) is 3.59. The van der Waals surface area contributed by atoms with Crippen LogP contribution in [-0.4, -0.2) is 82.5 Å². The molecule has 1 aliphatic carbocycles. The second-order valence-corrected chi connectivity index (χ2v) is 10.5. The van der Waals surface area contributed by atoms with Gasteiger partial charge >= 0.3 is 0 Å². The van der Waals surface area contributed by atoms with E-state index < -0.39 is 36.9 Å². The summed E-state index contributed by atoms with van der Waals surface area (Å²) in [7, 11) is 1.44. The first-order valence-corrected chi connectivity index (χ1v) is 13.0. The van der Waals surface area contributed by atoms with Crippen LogP contribution in [0, 0.1) is 0 Å². The molecule has 2 aromatic heterocycles. The summed E-state index contributed by atoms with van der Waals surface area (Å²) >= 11 is 6.01. The number of aromatic nitrogens is 2. The Morgan fingerprint density at radius 1 is 1.23 bits per heavy atom. The number of ether oxygens (including phenoxy) is 2. The van der Waals surface area contributed by atoms with E-state index in [1.807, 2.05) is 0 Å². The number of oxazole rings is 1. The van der Waals surface area contributed by atoms with Crippen molar-refractivity contribution >= 4 is 40.5 Å². The van der Waals surface area contributed by atoms with E-state index in [9.17, 15) is 18.4 Å². The van der Waals surface area contributed by atoms with Crippen LogP contribution in [0.4, 0.5) is 14.8 Å². The molecule has 2 unspecified atom stereocenters. The van der Waals surface area contributed by atoms with Gasteiger partial charge in [0, 0.05) is 29.7 Å². The van der Waals surface area contributed by atoms with Crippen LogP contribution < -0.4 is 10.1 Å². The number of rotatable bonds is 8. The highest BCUT2D eigenvalue weighted by Crippen LogP contribution is 2.36. The molecule has 4 heterocycles. The number of amides is 2. The molecular formula is C26H26ClF2N5O5. The maximum atomic E-state index is 13.7. The molecule has 0 spiro atoms. The van der Waals surface area contributed by atoms with E-state index in [1.165, 1.54) is 18.1 Å². The number of carbonyl (C=O) groups is 2. The average molecular weight is 562 g/mol. The Labute approximate surface area is 227 Å². The number of nitrogens with one attached hydrogen (secondary N) is 1. The summed E-state index contributed by atoms with van der Waals surface area (Å²) in [5.74, 6) is -3.55. The van der Waals surface area contributed by atoms with Crippen LogP contribution in [-0.2, 0) is 16.1 Å². The molecule has 1 saturated carbocycles. The number of methoxy groups -OCH3 is 1. The third-order valence-corrected chi connectivity index (χ3v) is 7.23. The molecule has 3 aliphatic rings. The lowest BCUT2D eigenvalue weighted by Gasteiger charge is -2.41. The van der Waals surface area contributed by atoms with Crippen LogP contribution in [0.1, 0.15) is 35.3 Å². The van der Waals surface area contributed by atoms with Crippen molar-refractivity contribution < 1.29 is 32.3 Å². The molecule has 6 rings (SSSR count). The molecule has 2 aliphatic heterocycles. The summed E-state index contributed by atoms with van der Waals surface area (Å²) in [6, 6.07) is 5.77. The summed E-state index contributed by atoms with van der Waals surface area (Å²) in [6.07, 6.45) is 3.50. The monoisotopic (exact) mass is 561 g/mol. The number of alkyl halides is 2. The molecule has 2 atom stereocenters. The van der Waals surface area contributed by atoms with Gasteiger partial charge in [-0.1, -0.05) is 11.6 Å². The molecular weight excluding hydrogens is 536 g/mol. The number of likely N-dealkylation sites (tertiary alicyclic amines) is 2. The van der Waals surface area contributed by atoms with Crippen LogP contribution in [0.15, 0.2) is 34.9 Å². The fraction of sp³-hybridized carbons (Fsp3) is 0.462. The first-order valence-electron chi connectivity index (χ1n) is 12.6. The van der Waals surface area contributed by atoms with Crippen LogP contribution in [0.5, 0.6) is 5.75 Å². The fourth-order valence-corrected chi connectivity index (χ4v) is 5.12. The van der Waals surface area contributed by atoms with Crippen molar-refractivity contribution in [1.82, 2.24) is 19.8 Å². The number of hydrogen-bond acceptors (Lipinski definition) is 8. The van der Waals surface area contributed by atoms with Gasteiger partial charge in [0.05, 0.1) is 44.6 Å². The van der Waals surface area contributed by atoms with E-state index in [2.05, 4.69) is 15.3 Å². The van der Waals surface area contributed by atoms with Gasteiger partial charge in [0.15, 0.2) is 11.3 Å². The SMILES string of the molecule is COc1cc(C(=O)N2CC(OC3CC3)CC2C(=O)N2CC(F)(F)C2)cc2nc(NCc3cc(Cl)ccn3)oc12. The molecule has 3 aromatic rings. The summed E-state index contributed by atoms with van der Waals surface area (Å²) in [5.41, 5.74) is 1.62. The molecule has 206 valence electrons. The van der Waals surface area contributed by atoms with Gasteiger partial charge in [-0.3, -0.25) is 14.6 Å². The average Bonchev–Trinajstić information content (AvgIpc) is 3.45. The number of nitrogens with zero attached hydrogens (tertiary/aromatic N) is 4. The zero-order valence-corrected chi connectivity index (χ0v) is 21.8. The maximum Gasteiger partial charge on any atom is 0.296 e. The third kappa shape index (κ3) is 5.35. The molecule has 39 heavy (non-hydrogen) atoms. The highest BCUT2D eigenvalue weighted by molar-refractivity contribution is 6.30. The van der Waals surface area contributed by atoms with E-state index in [0.29, 0.717) is 28.4 Å². The Bertz CT molecular complexity index is 1420. The van der Waals surface area contributed by atoms with Gasteiger partial charge in [-0.25, -0.2) is 8.78 Å². The van der Waals surface area contributed by atoms with Crippen molar-refractivity contribution in [3.05, 3.63) is 46.7 Å². The number of anilines is 1. The molecule has 3 fully saturated rings. The lowest BCUT2D eigenvalue weighted by molar-refractivity contribution is -0.169. The molecule has 2 amide bonds. The third-order valence-electron chi connectivity index (χ3n) is 7.00. The smallest absolute Gasteiger partial charge is 0.296 e. The van der Waals surface area contributed by atoms with Gasteiger partial charge in [-0.2, -0.15) is 4.98 Å². The van der Waals surface area contributed by atoms with E-state index >= 15 is 0 Å². The normalized spacial score (nSPS) is 22.2. The van der Waals surface area contributed by atoms with Crippen LogP contribution in [0.3, 0.4) is 0 Å². The highest BCUT2D eigenvalue weighted by Gasteiger charge is 2.51. The second kappa shape index (κ2) is 9.91. The Balaban J connectivity index is 1.24. The van der Waals surface area contributed by atoms with Crippen molar-refractivity contribution in [2.75, 3.05) is 32.1 Å². The standard InChI is InChI=1S/C26H26ClF2N5O5/c1-37-21-7-14(6-19-22(21)39-25(32-19)31-10-16-8-15(27)4-5-30-16)23(35)34-11-18(38-17-2-3-17)9-20(34)24(36)33-12-26(28,29)13-33/h4-8,17-18,20H,2-3,9-13H2,1H3,(H,31,32). The minimum atomic E-state index is -2.90. The number of halogens is 3. The largest absolute Gasteiger partial charge is 0.493 e. The van der Waals surface area contributed by atoms with E-state index in [4.69, 9.17) is 25.5 Å². The highest BCUT2D eigenvalue weighted by atomic mass is 35.5. The fourth-order valence-electron chi connectivity index (χ4n) is 4.94. The number of hydrogen-bond donors (Lipinski definition) is 1. The molecule has 1 N–H and O–H groups in total. The summed E-state index contributed by atoms with van der Waals surface area (Å²) in [4.78, 5) is 38.0. The Kier molecular flexibility index (Phi) is 6.54. The minimum absolute atomic E-state index is 0.119. The van der Waals surface area contributed by atoms with Gasteiger partial charge in [0.1, 0.15) is 11.6 Å². The number of carbonyl (C=O) groups excluding carboxylic acids is 2. The van der Waals surface area contributed by atoms with Gasteiger partial charge < -0.3 is 29.0 Å². The predicted molar refractivity (Wildman–Crippen MR) is 136 cm³/mol. The van der Waals surface area contributed by atoms with E-state index in [1.54, 1.807) is 24.4 Å². The Morgan fingerprint density at radius 2 is 2.03 bits per heavy atom. The maximum absolute atomic E-state index is 13.7. The Morgan fingerprint density at radius 3 is 2.72 bits per heavy atom. The lowest BCUT2D eigenvalue weighted by Crippen LogP contribution is -2.62. The van der Waals surface area contributed by atoms with Gasteiger partial charge in [0.2, 0.25) is 5.91 Å². The lowest BCUT2D eigenvalue weighted by atomic mass is 10.1. The molecule has 1 aromatic carbocycles. The molecule has 0 radical (unpaired) electrons. The molecule has 13 heteroatoms. The number of pyridine rings is 1. The van der Waals surface area contributed by atoms with E-state index in [-0.39, 0.29) is 42.5 Å². The van der Waals surface area contributed by atoms with Crippen LogP contribution in [0.25, 0.3) is 11.1 Å². The second-order valence-electron chi connectivity index (χ2n) is 10.1. The summed E-state index contributed by atoms with van der Waals surface area (Å²) in [6.45, 7) is -0.791. The minimum Gasteiger partial charge on any atom is -0.493 e. The van der Waals surface area contributed by atoms with E-state index in [0.717, 1.165) is 17.7 Å². The summed E-state index contributed by atoms with van der Waals surface area (Å²) < 4.78 is 44.2. The van der Waals surface area contributed by atoms with Crippen molar-refractivity contribution in [2.45, 2.75) is 50.0 Å². The van der Waals surface area contributed by atoms with Crippen molar-refractivity contribution in [2.24, 2.45) is 0 Å². The zero-order valence-electron chi connectivity index (χ0n) is 21.0. The molecule has 0 bridgehead atoms. The molecule has 10 nitrogen and oxygen atoms in total. The van der Waals surface area contributed by atoms with Crippen LogP contribution >= 0.6 is 11.6 Å². The molecule has 2 saturated heterocycles.